The fourth-order valence-electron chi connectivity index (χ4n) is 2.85. The molecule has 0 heterocycles. The van der Waals surface area contributed by atoms with Gasteiger partial charge in [-0.1, -0.05) is 25.4 Å². The highest BCUT2D eigenvalue weighted by Gasteiger charge is 2.23. The first-order valence-electron chi connectivity index (χ1n) is 9.32. The predicted octanol–water partition coefficient (Wildman–Crippen LogP) is 3.44. The third-order valence-electron chi connectivity index (χ3n) is 4.39. The van der Waals surface area contributed by atoms with Gasteiger partial charge in [0.25, 0.3) is 0 Å². The molecule has 0 aliphatic carbocycles. The van der Waals surface area contributed by atoms with Gasteiger partial charge in [0, 0.05) is 18.1 Å². The summed E-state index contributed by atoms with van der Waals surface area (Å²) in [5.41, 5.74) is 0.820. The summed E-state index contributed by atoms with van der Waals surface area (Å²) >= 11 is 5.99. The first kappa shape index (κ1) is 23.8. The van der Waals surface area contributed by atoms with Gasteiger partial charge in [-0.3, -0.25) is 4.79 Å². The molecule has 2 aromatic rings. The van der Waals surface area contributed by atoms with E-state index < -0.39 is 15.9 Å². The van der Waals surface area contributed by atoms with E-state index in [0.717, 1.165) is 0 Å². The highest BCUT2D eigenvalue weighted by molar-refractivity contribution is 7.89. The SMILES string of the molecule is CCN(CC)S(=O)(=O)c1ccc(OC)c(NC(=O)CNc2cc(Cl)ccc2OC)c1. The monoisotopic (exact) mass is 455 g/mol. The molecule has 1 amide bonds. The molecule has 8 nitrogen and oxygen atoms in total. The van der Waals surface area contributed by atoms with Gasteiger partial charge in [-0.15, -0.1) is 0 Å². The zero-order valence-corrected chi connectivity index (χ0v) is 18.9. The molecule has 0 spiro atoms. The third-order valence-corrected chi connectivity index (χ3v) is 6.67. The van der Waals surface area contributed by atoms with Gasteiger partial charge >= 0.3 is 0 Å². The zero-order chi connectivity index (χ0) is 22.3. The predicted molar refractivity (Wildman–Crippen MR) is 118 cm³/mol. The second kappa shape index (κ2) is 10.5. The molecule has 0 aliphatic rings. The molecule has 0 unspecified atom stereocenters. The first-order valence-corrected chi connectivity index (χ1v) is 11.1. The number of nitrogens with one attached hydrogen (secondary N) is 2. The lowest BCUT2D eigenvalue weighted by atomic mass is 10.2. The molecule has 0 aromatic heterocycles. The summed E-state index contributed by atoms with van der Waals surface area (Å²) < 4.78 is 37.4. The molecule has 10 heteroatoms. The Balaban J connectivity index is 2.21. The highest BCUT2D eigenvalue weighted by atomic mass is 35.5. The molecule has 0 radical (unpaired) electrons. The molecular formula is C20H26ClN3O5S. The molecule has 2 aromatic carbocycles. The van der Waals surface area contributed by atoms with Crippen LogP contribution in [0.4, 0.5) is 11.4 Å². The topological polar surface area (TPSA) is 97.0 Å². The average Bonchev–Trinajstić information content (AvgIpc) is 2.73. The number of nitrogens with zero attached hydrogens (tertiary/aromatic N) is 1. The lowest BCUT2D eigenvalue weighted by Crippen LogP contribution is -2.30. The van der Waals surface area contributed by atoms with Crippen LogP contribution in [0.3, 0.4) is 0 Å². The number of hydrogen-bond acceptors (Lipinski definition) is 6. The molecule has 2 N–H and O–H groups in total. The quantitative estimate of drug-likeness (QED) is 0.569. The van der Waals surface area contributed by atoms with E-state index in [1.54, 1.807) is 32.0 Å². The van der Waals surface area contributed by atoms with E-state index >= 15 is 0 Å². The third kappa shape index (κ3) is 5.56. The molecule has 0 aliphatic heterocycles. The Morgan fingerprint density at radius 3 is 2.20 bits per heavy atom. The number of rotatable bonds is 10. The van der Waals surface area contributed by atoms with Crippen LogP contribution in [0.15, 0.2) is 41.3 Å². The van der Waals surface area contributed by atoms with Gasteiger partial charge in [0.2, 0.25) is 15.9 Å². The van der Waals surface area contributed by atoms with Crippen molar-refractivity contribution in [1.82, 2.24) is 4.31 Å². The van der Waals surface area contributed by atoms with Gasteiger partial charge in [0.1, 0.15) is 11.5 Å². The summed E-state index contributed by atoms with van der Waals surface area (Å²) in [5, 5.41) is 6.14. The lowest BCUT2D eigenvalue weighted by Gasteiger charge is -2.19. The van der Waals surface area contributed by atoms with Crippen molar-refractivity contribution in [3.63, 3.8) is 0 Å². The summed E-state index contributed by atoms with van der Waals surface area (Å²) in [6.07, 6.45) is 0. The van der Waals surface area contributed by atoms with Crippen molar-refractivity contribution < 1.29 is 22.7 Å². The lowest BCUT2D eigenvalue weighted by molar-refractivity contribution is -0.114. The van der Waals surface area contributed by atoms with Crippen LogP contribution >= 0.6 is 11.6 Å². The van der Waals surface area contributed by atoms with Crippen molar-refractivity contribution in [2.75, 3.05) is 44.5 Å². The smallest absolute Gasteiger partial charge is 0.243 e. The van der Waals surface area contributed by atoms with E-state index in [9.17, 15) is 13.2 Å². The van der Waals surface area contributed by atoms with Gasteiger partial charge in [0.15, 0.2) is 0 Å². The number of anilines is 2. The fraction of sp³-hybridized carbons (Fsp3) is 0.350. The highest BCUT2D eigenvalue weighted by Crippen LogP contribution is 2.30. The summed E-state index contributed by atoms with van der Waals surface area (Å²) in [6, 6.07) is 9.37. The minimum absolute atomic E-state index is 0.0757. The van der Waals surface area contributed by atoms with Gasteiger partial charge in [-0.25, -0.2) is 8.42 Å². The molecule has 2 rings (SSSR count). The summed E-state index contributed by atoms with van der Waals surface area (Å²) in [7, 11) is -0.716. The van der Waals surface area contributed by atoms with Crippen molar-refractivity contribution in [2.24, 2.45) is 0 Å². The second-order valence-corrected chi connectivity index (χ2v) is 8.57. The van der Waals surface area contributed by atoms with Crippen LogP contribution in [-0.4, -0.2) is 52.5 Å². The molecule has 164 valence electrons. The van der Waals surface area contributed by atoms with Crippen LogP contribution in [0.2, 0.25) is 5.02 Å². The van der Waals surface area contributed by atoms with Crippen LogP contribution < -0.4 is 20.1 Å². The number of carbonyl (C=O) groups excluding carboxylic acids is 1. The number of halogens is 1. The van der Waals surface area contributed by atoms with E-state index in [1.165, 1.54) is 36.7 Å². The van der Waals surface area contributed by atoms with E-state index in [4.69, 9.17) is 21.1 Å². The minimum Gasteiger partial charge on any atom is -0.495 e. The van der Waals surface area contributed by atoms with Gasteiger partial charge in [0.05, 0.1) is 37.0 Å². The maximum Gasteiger partial charge on any atom is 0.243 e. The maximum absolute atomic E-state index is 12.8. The first-order chi connectivity index (χ1) is 14.3. The van der Waals surface area contributed by atoms with Crippen LogP contribution in [0.1, 0.15) is 13.8 Å². The molecule has 0 saturated heterocycles. The number of methoxy groups -OCH3 is 2. The van der Waals surface area contributed by atoms with Crippen molar-refractivity contribution in [2.45, 2.75) is 18.7 Å². The molecular weight excluding hydrogens is 430 g/mol. The van der Waals surface area contributed by atoms with Crippen LogP contribution in [0.25, 0.3) is 0 Å². The number of ether oxygens (including phenoxy) is 2. The van der Waals surface area contributed by atoms with Crippen LogP contribution in [0.5, 0.6) is 11.5 Å². The van der Waals surface area contributed by atoms with E-state index in [0.29, 0.717) is 35.3 Å². The van der Waals surface area contributed by atoms with Crippen LogP contribution in [-0.2, 0) is 14.8 Å². The van der Waals surface area contributed by atoms with Crippen molar-refractivity contribution >= 4 is 38.9 Å². The fourth-order valence-corrected chi connectivity index (χ4v) is 4.50. The van der Waals surface area contributed by atoms with Crippen molar-refractivity contribution in [1.29, 1.82) is 0 Å². The second-order valence-electron chi connectivity index (χ2n) is 6.20. The Labute approximate surface area is 182 Å². The Kier molecular flexibility index (Phi) is 8.33. The summed E-state index contributed by atoms with van der Waals surface area (Å²) in [4.78, 5) is 12.6. The Morgan fingerprint density at radius 1 is 1.00 bits per heavy atom. The van der Waals surface area contributed by atoms with Crippen LogP contribution in [0, 0.1) is 0 Å². The minimum atomic E-state index is -3.67. The van der Waals surface area contributed by atoms with Crippen molar-refractivity contribution in [3.05, 3.63) is 41.4 Å². The number of hydrogen-bond donors (Lipinski definition) is 2. The largest absolute Gasteiger partial charge is 0.495 e. The molecule has 0 fully saturated rings. The molecule has 0 saturated carbocycles. The number of sulfonamides is 1. The Morgan fingerprint density at radius 2 is 1.60 bits per heavy atom. The maximum atomic E-state index is 12.8. The Bertz CT molecular complexity index is 994. The molecule has 30 heavy (non-hydrogen) atoms. The van der Waals surface area contributed by atoms with E-state index in [-0.39, 0.29) is 17.1 Å². The zero-order valence-electron chi connectivity index (χ0n) is 17.4. The van der Waals surface area contributed by atoms with E-state index in [2.05, 4.69) is 10.6 Å². The molecule has 0 atom stereocenters. The standard InChI is InChI=1S/C20H26ClN3O5S/c1-5-24(6-2)30(26,27)15-8-10-19(29-4)17(12-15)23-20(25)13-22-16-11-14(21)7-9-18(16)28-3/h7-12,22H,5-6,13H2,1-4H3,(H,23,25). The normalized spacial score (nSPS) is 11.3. The van der Waals surface area contributed by atoms with Gasteiger partial charge in [-0.2, -0.15) is 4.31 Å². The Hall–Kier alpha value is -2.49. The van der Waals surface area contributed by atoms with Gasteiger partial charge < -0.3 is 20.1 Å². The number of benzene rings is 2. The summed E-state index contributed by atoms with van der Waals surface area (Å²) in [5.74, 6) is 0.493. The number of amides is 1. The summed E-state index contributed by atoms with van der Waals surface area (Å²) in [6.45, 7) is 4.13. The average molecular weight is 456 g/mol. The number of carbonyl (C=O) groups is 1. The molecule has 0 bridgehead atoms. The van der Waals surface area contributed by atoms with E-state index in [1.807, 2.05) is 0 Å². The van der Waals surface area contributed by atoms with Gasteiger partial charge in [-0.05, 0) is 36.4 Å². The van der Waals surface area contributed by atoms with Crippen molar-refractivity contribution in [3.8, 4) is 11.5 Å².